The van der Waals surface area contributed by atoms with Crippen molar-refractivity contribution in [3.63, 3.8) is 0 Å². The summed E-state index contributed by atoms with van der Waals surface area (Å²) in [6.45, 7) is 6.94. The van der Waals surface area contributed by atoms with Crippen LogP contribution in [0.2, 0.25) is 0 Å². The highest BCUT2D eigenvalue weighted by Gasteiger charge is 2.06. The first-order valence-corrected chi connectivity index (χ1v) is 5.57. The molecule has 13 heavy (non-hydrogen) atoms. The summed E-state index contributed by atoms with van der Waals surface area (Å²) in [7, 11) is 4.25. The first-order chi connectivity index (χ1) is 6.22. The molecular weight excluding hydrogens is 160 g/mol. The lowest BCUT2D eigenvalue weighted by Gasteiger charge is -2.24. The van der Waals surface area contributed by atoms with Crippen molar-refractivity contribution < 1.29 is 0 Å². The smallest absolute Gasteiger partial charge is 0.00759 e. The lowest BCUT2D eigenvalue weighted by atomic mass is 10.2. The van der Waals surface area contributed by atoms with Crippen molar-refractivity contribution in [1.29, 1.82) is 0 Å². The minimum absolute atomic E-state index is 0.712. The number of unbranched alkanes of at least 4 members (excludes halogenated alkanes) is 2. The molecule has 0 spiro atoms. The highest BCUT2D eigenvalue weighted by Crippen LogP contribution is 2.03. The van der Waals surface area contributed by atoms with Gasteiger partial charge < -0.3 is 10.2 Å². The van der Waals surface area contributed by atoms with E-state index in [1.54, 1.807) is 0 Å². The molecule has 0 aromatic rings. The molecule has 0 rings (SSSR count). The maximum absolute atomic E-state index is 3.19. The zero-order chi connectivity index (χ0) is 10.1. The maximum atomic E-state index is 3.19. The monoisotopic (exact) mass is 186 g/mol. The van der Waals surface area contributed by atoms with Crippen molar-refractivity contribution in [2.45, 2.75) is 45.6 Å². The van der Waals surface area contributed by atoms with Crippen LogP contribution >= 0.6 is 0 Å². The van der Waals surface area contributed by atoms with Gasteiger partial charge in [0.2, 0.25) is 0 Å². The Kier molecular flexibility index (Phi) is 8.46. The van der Waals surface area contributed by atoms with E-state index in [1.807, 2.05) is 7.05 Å². The van der Waals surface area contributed by atoms with Crippen LogP contribution in [0.15, 0.2) is 0 Å². The molecule has 0 aromatic heterocycles. The molecule has 80 valence electrons. The molecule has 2 heteroatoms. The molecule has 0 radical (unpaired) electrons. The van der Waals surface area contributed by atoms with Gasteiger partial charge in [0.15, 0.2) is 0 Å². The topological polar surface area (TPSA) is 15.3 Å². The average molecular weight is 186 g/mol. The molecule has 0 aliphatic carbocycles. The third-order valence-corrected chi connectivity index (χ3v) is 2.68. The first-order valence-electron chi connectivity index (χ1n) is 5.57. The Bertz CT molecular complexity index is 104. The Labute approximate surface area is 83.7 Å². The van der Waals surface area contributed by atoms with Crippen LogP contribution in [0.25, 0.3) is 0 Å². The van der Waals surface area contributed by atoms with Crippen molar-refractivity contribution in [1.82, 2.24) is 10.2 Å². The molecule has 0 aliphatic heterocycles. The Morgan fingerprint density at radius 3 is 2.54 bits per heavy atom. The molecule has 0 aromatic carbocycles. The molecule has 1 atom stereocenters. The SMILES string of the molecule is CCCCCN(C)C(C)CCNC. The number of rotatable bonds is 8. The van der Waals surface area contributed by atoms with Gasteiger partial charge in [-0.3, -0.25) is 0 Å². The summed E-state index contributed by atoms with van der Waals surface area (Å²) in [5.41, 5.74) is 0. The highest BCUT2D eigenvalue weighted by atomic mass is 15.1. The summed E-state index contributed by atoms with van der Waals surface area (Å²) in [6, 6.07) is 0.712. The van der Waals surface area contributed by atoms with Crippen molar-refractivity contribution in [2.75, 3.05) is 27.2 Å². The molecule has 2 nitrogen and oxygen atoms in total. The molecule has 1 N–H and O–H groups in total. The van der Waals surface area contributed by atoms with Gasteiger partial charge in [0.1, 0.15) is 0 Å². The van der Waals surface area contributed by atoms with Crippen molar-refractivity contribution >= 4 is 0 Å². The lowest BCUT2D eigenvalue weighted by molar-refractivity contribution is 0.241. The molecule has 0 saturated heterocycles. The summed E-state index contributed by atoms with van der Waals surface area (Å²) >= 11 is 0. The van der Waals surface area contributed by atoms with Crippen LogP contribution in [0.3, 0.4) is 0 Å². The van der Waals surface area contributed by atoms with Gasteiger partial charge in [-0.05, 0) is 47.0 Å². The Balaban J connectivity index is 3.38. The second kappa shape index (κ2) is 8.52. The maximum Gasteiger partial charge on any atom is 0.00759 e. The van der Waals surface area contributed by atoms with Gasteiger partial charge in [0.05, 0.1) is 0 Å². The summed E-state index contributed by atoms with van der Waals surface area (Å²) in [4.78, 5) is 2.47. The van der Waals surface area contributed by atoms with Gasteiger partial charge in [0.25, 0.3) is 0 Å². The quantitative estimate of drug-likeness (QED) is 0.584. The normalized spacial score (nSPS) is 13.6. The molecule has 0 fully saturated rings. The molecule has 0 aliphatic rings. The van der Waals surface area contributed by atoms with Gasteiger partial charge in [0, 0.05) is 6.04 Å². The van der Waals surface area contributed by atoms with Crippen molar-refractivity contribution in [3.8, 4) is 0 Å². The summed E-state index contributed by atoms with van der Waals surface area (Å²) < 4.78 is 0. The van der Waals surface area contributed by atoms with Crippen LogP contribution in [0.1, 0.15) is 39.5 Å². The van der Waals surface area contributed by atoms with Crippen molar-refractivity contribution in [2.24, 2.45) is 0 Å². The summed E-state index contributed by atoms with van der Waals surface area (Å²) in [5.74, 6) is 0. The second-order valence-corrected chi connectivity index (χ2v) is 3.93. The van der Waals surface area contributed by atoms with E-state index < -0.39 is 0 Å². The van der Waals surface area contributed by atoms with E-state index in [1.165, 1.54) is 32.2 Å². The number of nitrogens with one attached hydrogen (secondary N) is 1. The Morgan fingerprint density at radius 2 is 2.00 bits per heavy atom. The van der Waals surface area contributed by atoms with Crippen LogP contribution in [-0.4, -0.2) is 38.1 Å². The van der Waals surface area contributed by atoms with Crippen LogP contribution in [-0.2, 0) is 0 Å². The number of nitrogens with zero attached hydrogens (tertiary/aromatic N) is 1. The predicted octanol–water partition coefficient (Wildman–Crippen LogP) is 2.11. The van der Waals surface area contributed by atoms with Crippen LogP contribution in [0, 0.1) is 0 Å². The fourth-order valence-corrected chi connectivity index (χ4v) is 1.41. The zero-order valence-corrected chi connectivity index (χ0v) is 9.77. The van der Waals surface area contributed by atoms with Gasteiger partial charge in [-0.2, -0.15) is 0 Å². The molecule has 0 saturated carbocycles. The number of hydrogen-bond acceptors (Lipinski definition) is 2. The van der Waals surface area contributed by atoms with Gasteiger partial charge >= 0.3 is 0 Å². The fourth-order valence-electron chi connectivity index (χ4n) is 1.41. The first kappa shape index (κ1) is 12.9. The molecule has 0 heterocycles. The van der Waals surface area contributed by atoms with E-state index in [4.69, 9.17) is 0 Å². The molecular formula is C11H26N2. The molecule has 0 amide bonds. The van der Waals surface area contributed by atoms with Gasteiger partial charge in [-0.15, -0.1) is 0 Å². The van der Waals surface area contributed by atoms with Crippen LogP contribution in [0.5, 0.6) is 0 Å². The van der Waals surface area contributed by atoms with E-state index in [0.29, 0.717) is 6.04 Å². The van der Waals surface area contributed by atoms with E-state index >= 15 is 0 Å². The van der Waals surface area contributed by atoms with E-state index in [0.717, 1.165) is 6.54 Å². The number of hydrogen-bond donors (Lipinski definition) is 1. The Morgan fingerprint density at radius 1 is 1.31 bits per heavy atom. The molecule has 0 bridgehead atoms. The highest BCUT2D eigenvalue weighted by molar-refractivity contribution is 4.63. The van der Waals surface area contributed by atoms with E-state index in [9.17, 15) is 0 Å². The minimum atomic E-state index is 0.712. The minimum Gasteiger partial charge on any atom is -0.320 e. The third-order valence-electron chi connectivity index (χ3n) is 2.68. The third kappa shape index (κ3) is 7.03. The Hall–Kier alpha value is -0.0800. The van der Waals surface area contributed by atoms with Gasteiger partial charge in [-0.25, -0.2) is 0 Å². The van der Waals surface area contributed by atoms with E-state index in [-0.39, 0.29) is 0 Å². The van der Waals surface area contributed by atoms with Crippen LogP contribution < -0.4 is 5.32 Å². The van der Waals surface area contributed by atoms with Crippen molar-refractivity contribution in [3.05, 3.63) is 0 Å². The predicted molar refractivity (Wildman–Crippen MR) is 60.2 cm³/mol. The zero-order valence-electron chi connectivity index (χ0n) is 9.77. The second-order valence-electron chi connectivity index (χ2n) is 3.93. The summed E-state index contributed by atoms with van der Waals surface area (Å²) in [5, 5.41) is 3.19. The molecule has 1 unspecified atom stereocenters. The summed E-state index contributed by atoms with van der Waals surface area (Å²) in [6.07, 6.45) is 5.28. The standard InChI is InChI=1S/C11H26N2/c1-5-6-7-10-13(4)11(2)8-9-12-3/h11-12H,5-10H2,1-4H3. The fraction of sp³-hybridized carbons (Fsp3) is 1.00. The van der Waals surface area contributed by atoms with E-state index in [2.05, 4.69) is 31.1 Å². The van der Waals surface area contributed by atoms with Gasteiger partial charge in [-0.1, -0.05) is 19.8 Å². The lowest BCUT2D eigenvalue weighted by Crippen LogP contribution is -2.32. The largest absolute Gasteiger partial charge is 0.320 e. The average Bonchev–Trinajstić information content (AvgIpc) is 2.14. The van der Waals surface area contributed by atoms with Crippen LogP contribution in [0.4, 0.5) is 0 Å².